The van der Waals surface area contributed by atoms with Gasteiger partial charge < -0.3 is 4.74 Å². The Morgan fingerprint density at radius 3 is 1.88 bits per heavy atom. The number of unbranched alkanes of at least 4 members (excludes halogenated alkanes) is 3. The van der Waals surface area contributed by atoms with Gasteiger partial charge in [-0.05, 0) is 24.1 Å². The van der Waals surface area contributed by atoms with Crippen LogP contribution in [0.15, 0.2) is 48.5 Å². The van der Waals surface area contributed by atoms with E-state index in [0.29, 0.717) is 24.6 Å². The number of rotatable bonds is 9. The third kappa shape index (κ3) is 6.34. The second-order valence-electron chi connectivity index (χ2n) is 7.16. The van der Waals surface area contributed by atoms with Crippen LogP contribution in [0.5, 0.6) is 0 Å². The van der Waals surface area contributed by atoms with Crippen LogP contribution in [0.4, 0.5) is 26.3 Å². The lowest BCUT2D eigenvalue weighted by Gasteiger charge is -2.21. The minimum absolute atomic E-state index is 0.0545. The first-order valence-electron chi connectivity index (χ1n) is 10.0. The van der Waals surface area contributed by atoms with Gasteiger partial charge >= 0.3 is 18.3 Å². The van der Waals surface area contributed by atoms with Crippen LogP contribution in [0.25, 0.3) is 0 Å². The zero-order valence-electron chi connectivity index (χ0n) is 17.2. The zero-order valence-corrected chi connectivity index (χ0v) is 17.2. The highest BCUT2D eigenvalue weighted by atomic mass is 19.4. The highest BCUT2D eigenvalue weighted by Gasteiger charge is 2.45. The second kappa shape index (κ2) is 10.7. The number of hydrogen-bond acceptors (Lipinski definition) is 3. The smallest absolute Gasteiger partial charge is 0.417 e. The summed E-state index contributed by atoms with van der Waals surface area (Å²) in [6, 6.07) is 8.29. The summed E-state index contributed by atoms with van der Waals surface area (Å²) in [7, 11) is 0. The summed E-state index contributed by atoms with van der Waals surface area (Å²) in [6.07, 6.45) is -7.51. The standard InChI is InChI=1S/C23H22F6O3/c1-2-3-4-8-14-32-21(31)18(15-10-6-5-7-11-15)20(30)19-16(22(24,25)26)12-9-13-17(19)23(27,28)29/h5-7,9-13,18H,2-4,8,14H2,1H3. The number of halogens is 6. The molecule has 0 aliphatic rings. The van der Waals surface area contributed by atoms with Crippen molar-refractivity contribution in [3.05, 3.63) is 70.8 Å². The van der Waals surface area contributed by atoms with E-state index in [1.54, 1.807) is 0 Å². The number of ether oxygens (including phenoxy) is 1. The number of carbonyl (C=O) groups excluding carboxylic acids is 2. The molecule has 2 rings (SSSR count). The van der Waals surface area contributed by atoms with Crippen LogP contribution in [0.1, 0.15) is 65.6 Å². The van der Waals surface area contributed by atoms with Crippen LogP contribution >= 0.6 is 0 Å². The summed E-state index contributed by atoms with van der Waals surface area (Å²) in [5, 5.41) is 0. The molecule has 0 spiro atoms. The monoisotopic (exact) mass is 460 g/mol. The summed E-state index contributed by atoms with van der Waals surface area (Å²) in [6.45, 7) is 1.87. The molecule has 0 N–H and O–H groups in total. The van der Waals surface area contributed by atoms with Gasteiger partial charge in [0, 0.05) is 5.56 Å². The van der Waals surface area contributed by atoms with E-state index < -0.39 is 46.7 Å². The molecule has 0 aromatic heterocycles. The molecular weight excluding hydrogens is 438 g/mol. The van der Waals surface area contributed by atoms with Crippen LogP contribution < -0.4 is 0 Å². The lowest BCUT2D eigenvalue weighted by atomic mass is 9.85. The van der Waals surface area contributed by atoms with Crippen LogP contribution in [0, 0.1) is 0 Å². The first-order chi connectivity index (χ1) is 15.0. The molecule has 9 heteroatoms. The van der Waals surface area contributed by atoms with E-state index in [1.165, 1.54) is 30.3 Å². The molecule has 2 aromatic rings. The van der Waals surface area contributed by atoms with Crippen molar-refractivity contribution in [3.8, 4) is 0 Å². The van der Waals surface area contributed by atoms with Crippen molar-refractivity contribution in [1.29, 1.82) is 0 Å². The highest BCUT2D eigenvalue weighted by molar-refractivity contribution is 6.14. The Morgan fingerprint density at radius 2 is 1.38 bits per heavy atom. The van der Waals surface area contributed by atoms with Gasteiger partial charge in [-0.25, -0.2) is 0 Å². The molecule has 0 heterocycles. The lowest BCUT2D eigenvalue weighted by molar-refractivity contribution is -0.146. The maximum atomic E-state index is 13.5. The predicted octanol–water partition coefficient (Wildman–Crippen LogP) is 6.81. The van der Waals surface area contributed by atoms with Crippen molar-refractivity contribution >= 4 is 11.8 Å². The maximum Gasteiger partial charge on any atom is 0.417 e. The van der Waals surface area contributed by atoms with Crippen LogP contribution in [0.2, 0.25) is 0 Å². The fourth-order valence-corrected chi connectivity index (χ4v) is 3.26. The van der Waals surface area contributed by atoms with Gasteiger partial charge in [-0.1, -0.05) is 62.6 Å². The van der Waals surface area contributed by atoms with E-state index in [9.17, 15) is 35.9 Å². The van der Waals surface area contributed by atoms with Crippen molar-refractivity contribution in [2.24, 2.45) is 0 Å². The van der Waals surface area contributed by atoms with E-state index >= 15 is 0 Å². The molecule has 0 bridgehead atoms. The van der Waals surface area contributed by atoms with E-state index in [0.717, 1.165) is 19.3 Å². The van der Waals surface area contributed by atoms with Crippen molar-refractivity contribution < 1.29 is 40.7 Å². The largest absolute Gasteiger partial charge is 0.465 e. The van der Waals surface area contributed by atoms with Gasteiger partial charge in [0.1, 0.15) is 5.92 Å². The topological polar surface area (TPSA) is 43.4 Å². The first-order valence-corrected chi connectivity index (χ1v) is 10.0. The molecule has 0 saturated carbocycles. The normalized spacial score (nSPS) is 13.0. The minimum Gasteiger partial charge on any atom is -0.465 e. The van der Waals surface area contributed by atoms with Crippen LogP contribution in [0.3, 0.4) is 0 Å². The summed E-state index contributed by atoms with van der Waals surface area (Å²) >= 11 is 0. The van der Waals surface area contributed by atoms with Crippen molar-refractivity contribution in [2.75, 3.05) is 6.61 Å². The Balaban J connectivity index is 2.54. The molecular formula is C23H22F6O3. The van der Waals surface area contributed by atoms with E-state index in [2.05, 4.69) is 0 Å². The second-order valence-corrected chi connectivity index (χ2v) is 7.16. The summed E-state index contributed by atoms with van der Waals surface area (Å²) in [5.41, 5.74) is -5.16. The molecule has 174 valence electrons. The average Bonchev–Trinajstić information content (AvgIpc) is 2.72. The van der Waals surface area contributed by atoms with Gasteiger partial charge in [-0.15, -0.1) is 0 Å². The Kier molecular flexibility index (Phi) is 8.46. The number of benzene rings is 2. The van der Waals surface area contributed by atoms with Gasteiger partial charge in [-0.3, -0.25) is 9.59 Å². The Labute approximate surface area is 181 Å². The molecule has 0 saturated heterocycles. The molecule has 0 radical (unpaired) electrons. The van der Waals surface area contributed by atoms with E-state index in [-0.39, 0.29) is 12.2 Å². The minimum atomic E-state index is -5.24. The van der Waals surface area contributed by atoms with Crippen molar-refractivity contribution in [3.63, 3.8) is 0 Å². The van der Waals surface area contributed by atoms with Gasteiger partial charge in [0.15, 0.2) is 5.78 Å². The highest BCUT2D eigenvalue weighted by Crippen LogP contribution is 2.41. The van der Waals surface area contributed by atoms with Gasteiger partial charge in [0.25, 0.3) is 0 Å². The zero-order chi connectivity index (χ0) is 23.9. The third-order valence-electron chi connectivity index (χ3n) is 4.79. The van der Waals surface area contributed by atoms with Crippen molar-refractivity contribution in [1.82, 2.24) is 0 Å². The molecule has 0 amide bonds. The molecule has 2 aromatic carbocycles. The summed E-state index contributed by atoms with van der Waals surface area (Å²) < 4.78 is 86.3. The Hall–Kier alpha value is -2.84. The third-order valence-corrected chi connectivity index (χ3v) is 4.79. The molecule has 3 nitrogen and oxygen atoms in total. The SMILES string of the molecule is CCCCCCOC(=O)C(C(=O)c1c(C(F)(F)F)cccc1C(F)(F)F)c1ccccc1. The number of ketones is 1. The number of Topliss-reactive ketones (excluding diaryl/α,β-unsaturated/α-hetero) is 1. The average molecular weight is 460 g/mol. The number of hydrogen-bond donors (Lipinski definition) is 0. The van der Waals surface area contributed by atoms with E-state index in [4.69, 9.17) is 4.74 Å². The van der Waals surface area contributed by atoms with Crippen LogP contribution in [-0.2, 0) is 21.9 Å². The first kappa shape index (κ1) is 25.4. The molecule has 1 atom stereocenters. The quantitative estimate of drug-likeness (QED) is 0.136. The van der Waals surface area contributed by atoms with Gasteiger partial charge in [0.05, 0.1) is 17.7 Å². The number of esters is 1. The fourth-order valence-electron chi connectivity index (χ4n) is 3.26. The molecule has 32 heavy (non-hydrogen) atoms. The summed E-state index contributed by atoms with van der Waals surface area (Å²) in [5.74, 6) is -4.77. The van der Waals surface area contributed by atoms with E-state index in [1.807, 2.05) is 6.92 Å². The molecule has 0 aliphatic carbocycles. The van der Waals surface area contributed by atoms with Crippen LogP contribution in [-0.4, -0.2) is 18.4 Å². The molecule has 0 fully saturated rings. The van der Waals surface area contributed by atoms with Crippen molar-refractivity contribution in [2.45, 2.75) is 50.9 Å². The number of alkyl halides is 6. The lowest BCUT2D eigenvalue weighted by Crippen LogP contribution is -2.29. The predicted molar refractivity (Wildman–Crippen MR) is 105 cm³/mol. The number of carbonyl (C=O) groups is 2. The summed E-state index contributed by atoms with van der Waals surface area (Å²) in [4.78, 5) is 25.9. The maximum absolute atomic E-state index is 13.5. The van der Waals surface area contributed by atoms with Gasteiger partial charge in [-0.2, -0.15) is 26.3 Å². The fraction of sp³-hybridized carbons (Fsp3) is 0.391. The Bertz CT molecular complexity index is 887. The Morgan fingerprint density at radius 1 is 0.812 bits per heavy atom. The molecule has 0 aliphatic heterocycles. The molecule has 1 unspecified atom stereocenters. The van der Waals surface area contributed by atoms with Gasteiger partial charge in [0.2, 0.25) is 0 Å².